The van der Waals surface area contributed by atoms with Gasteiger partial charge in [0.15, 0.2) is 0 Å². The molecule has 26 heavy (non-hydrogen) atoms. The molecule has 0 radical (unpaired) electrons. The molecule has 0 spiro atoms. The van der Waals surface area contributed by atoms with Crippen molar-refractivity contribution in [3.8, 4) is 17.2 Å². The molecule has 4 rings (SSSR count). The lowest BCUT2D eigenvalue weighted by Gasteiger charge is -2.10. The molecule has 2 aromatic carbocycles. The van der Waals surface area contributed by atoms with Gasteiger partial charge in [0.2, 0.25) is 0 Å². The zero-order valence-corrected chi connectivity index (χ0v) is 14.6. The Hall–Kier alpha value is -3.30. The van der Waals surface area contributed by atoms with Crippen LogP contribution in [0.1, 0.15) is 10.4 Å². The maximum atomic E-state index is 13.3. The van der Waals surface area contributed by atoms with Crippen molar-refractivity contribution in [1.29, 1.82) is 5.26 Å². The third kappa shape index (κ3) is 2.79. The Labute approximate surface area is 153 Å². The summed E-state index contributed by atoms with van der Waals surface area (Å²) in [6, 6.07) is 15.8. The van der Waals surface area contributed by atoms with Gasteiger partial charge >= 0.3 is 0 Å². The number of aromatic nitrogens is 2. The highest BCUT2D eigenvalue weighted by molar-refractivity contribution is 7.19. The van der Waals surface area contributed by atoms with Crippen molar-refractivity contribution >= 4 is 33.1 Å². The number of hydrogen-bond donors (Lipinski definition) is 1. The monoisotopic (exact) mass is 360 g/mol. The van der Waals surface area contributed by atoms with Gasteiger partial charge in [0.25, 0.3) is 0 Å². The molecule has 0 saturated carbocycles. The van der Waals surface area contributed by atoms with E-state index in [1.165, 1.54) is 18.5 Å². The van der Waals surface area contributed by atoms with Crippen LogP contribution < -0.4 is 5.32 Å². The number of hydrogen-bond acceptors (Lipinski definition) is 5. The van der Waals surface area contributed by atoms with Gasteiger partial charge in [-0.15, -0.1) is 11.3 Å². The van der Waals surface area contributed by atoms with E-state index in [9.17, 15) is 9.65 Å². The average Bonchev–Trinajstić information content (AvgIpc) is 3.00. The Balaban J connectivity index is 1.91. The number of nitriles is 1. The molecule has 4 aromatic rings. The van der Waals surface area contributed by atoms with Crippen molar-refractivity contribution in [3.05, 3.63) is 71.1 Å². The van der Waals surface area contributed by atoms with E-state index >= 15 is 0 Å². The number of anilines is 2. The Bertz CT molecular complexity index is 1140. The fourth-order valence-corrected chi connectivity index (χ4v) is 3.93. The smallest absolute Gasteiger partial charge is 0.143 e. The van der Waals surface area contributed by atoms with Crippen LogP contribution in [-0.4, -0.2) is 9.97 Å². The van der Waals surface area contributed by atoms with Gasteiger partial charge < -0.3 is 5.32 Å². The molecule has 1 N–H and O–H groups in total. The molecule has 0 atom stereocenters. The van der Waals surface area contributed by atoms with Crippen molar-refractivity contribution in [2.45, 2.75) is 6.92 Å². The summed E-state index contributed by atoms with van der Waals surface area (Å²) in [6.45, 7) is 2.01. The van der Waals surface area contributed by atoms with Gasteiger partial charge in [0.1, 0.15) is 28.9 Å². The van der Waals surface area contributed by atoms with E-state index in [-0.39, 0.29) is 5.82 Å². The van der Waals surface area contributed by atoms with Crippen LogP contribution in [0.25, 0.3) is 21.3 Å². The van der Waals surface area contributed by atoms with Gasteiger partial charge in [-0.1, -0.05) is 24.3 Å². The van der Waals surface area contributed by atoms with Crippen molar-refractivity contribution in [2.24, 2.45) is 0 Å². The number of benzene rings is 2. The molecule has 2 aromatic heterocycles. The lowest BCUT2D eigenvalue weighted by Crippen LogP contribution is -1.97. The first-order chi connectivity index (χ1) is 12.7. The Kier molecular flexibility index (Phi) is 4.07. The van der Waals surface area contributed by atoms with E-state index in [2.05, 4.69) is 21.4 Å². The number of nitrogens with zero attached hydrogens (tertiary/aromatic N) is 3. The van der Waals surface area contributed by atoms with Crippen molar-refractivity contribution < 1.29 is 4.39 Å². The lowest BCUT2D eigenvalue weighted by molar-refractivity contribution is 0.628. The lowest BCUT2D eigenvalue weighted by atomic mass is 10.0. The summed E-state index contributed by atoms with van der Waals surface area (Å²) in [5.41, 5.74) is 3.10. The van der Waals surface area contributed by atoms with Crippen LogP contribution in [0.15, 0.2) is 54.9 Å². The van der Waals surface area contributed by atoms with Gasteiger partial charge in [0.05, 0.1) is 16.6 Å². The van der Waals surface area contributed by atoms with E-state index in [1.807, 2.05) is 25.1 Å². The topological polar surface area (TPSA) is 61.6 Å². The second-order valence-corrected chi connectivity index (χ2v) is 6.93. The summed E-state index contributed by atoms with van der Waals surface area (Å²) < 4.78 is 13.3. The second kappa shape index (κ2) is 6.54. The maximum Gasteiger partial charge on any atom is 0.143 e. The fourth-order valence-electron chi connectivity index (χ4n) is 2.92. The van der Waals surface area contributed by atoms with E-state index < -0.39 is 0 Å². The first-order valence-corrected chi connectivity index (χ1v) is 8.75. The number of nitrogens with one attached hydrogen (secondary N) is 1. The Morgan fingerprint density at radius 3 is 2.62 bits per heavy atom. The summed E-state index contributed by atoms with van der Waals surface area (Å²) in [6.07, 6.45) is 1.50. The van der Waals surface area contributed by atoms with Crippen LogP contribution in [0.5, 0.6) is 0 Å². The van der Waals surface area contributed by atoms with Crippen molar-refractivity contribution in [3.63, 3.8) is 0 Å². The molecule has 0 saturated heterocycles. The fraction of sp³-hybridized carbons (Fsp3) is 0.0500. The van der Waals surface area contributed by atoms with Crippen LogP contribution in [0.4, 0.5) is 15.9 Å². The average molecular weight is 360 g/mol. The quantitative estimate of drug-likeness (QED) is 0.530. The third-order valence-electron chi connectivity index (χ3n) is 4.10. The SMILES string of the molecule is Cc1sc2ncnc(Nc3ccccc3C#N)c2c1-c1ccc(F)cc1. The Morgan fingerprint density at radius 2 is 1.85 bits per heavy atom. The van der Waals surface area contributed by atoms with Crippen molar-refractivity contribution in [2.75, 3.05) is 5.32 Å². The molecule has 2 heterocycles. The zero-order valence-electron chi connectivity index (χ0n) is 13.8. The number of rotatable bonds is 3. The number of halogens is 1. The molecule has 0 aliphatic rings. The number of para-hydroxylation sites is 1. The molecule has 4 nitrogen and oxygen atoms in total. The summed E-state index contributed by atoms with van der Waals surface area (Å²) in [5.74, 6) is 0.352. The van der Waals surface area contributed by atoms with Gasteiger partial charge in [-0.2, -0.15) is 5.26 Å². The molecule has 0 unspecified atom stereocenters. The summed E-state index contributed by atoms with van der Waals surface area (Å²) in [5, 5.41) is 13.4. The number of fused-ring (bicyclic) bond motifs is 1. The molecular weight excluding hydrogens is 347 g/mol. The highest BCUT2D eigenvalue weighted by Gasteiger charge is 2.17. The second-order valence-electron chi connectivity index (χ2n) is 5.72. The van der Waals surface area contributed by atoms with E-state index in [0.717, 1.165) is 26.2 Å². The highest BCUT2D eigenvalue weighted by Crippen LogP contribution is 2.41. The zero-order chi connectivity index (χ0) is 18.1. The Morgan fingerprint density at radius 1 is 1.08 bits per heavy atom. The predicted molar refractivity (Wildman–Crippen MR) is 102 cm³/mol. The molecule has 0 fully saturated rings. The highest BCUT2D eigenvalue weighted by atomic mass is 32.1. The van der Waals surface area contributed by atoms with Crippen LogP contribution in [0.2, 0.25) is 0 Å². The normalized spacial score (nSPS) is 10.7. The molecule has 0 bridgehead atoms. The van der Waals surface area contributed by atoms with Gasteiger partial charge in [0, 0.05) is 10.4 Å². The molecular formula is C20H13FN4S. The first-order valence-electron chi connectivity index (χ1n) is 7.93. The molecule has 0 aliphatic heterocycles. The maximum absolute atomic E-state index is 13.3. The standard InChI is InChI=1S/C20H13FN4S/c1-12-17(13-6-8-15(21)9-7-13)18-19(23-11-24-20(18)26-12)25-16-5-3-2-4-14(16)10-22/h2-9,11H,1H3,(H,23,24,25). The molecule has 0 amide bonds. The number of thiophene rings is 1. The minimum atomic E-state index is -0.275. The molecule has 0 aliphatic carbocycles. The van der Waals surface area contributed by atoms with E-state index in [0.29, 0.717) is 17.1 Å². The van der Waals surface area contributed by atoms with Crippen LogP contribution >= 0.6 is 11.3 Å². The summed E-state index contributed by atoms with van der Waals surface area (Å²) >= 11 is 1.56. The minimum Gasteiger partial charge on any atom is -0.338 e. The van der Waals surface area contributed by atoms with Gasteiger partial charge in [-0.3, -0.25) is 0 Å². The van der Waals surface area contributed by atoms with Crippen molar-refractivity contribution in [1.82, 2.24) is 9.97 Å². The van der Waals surface area contributed by atoms with Crippen LogP contribution in [0, 0.1) is 24.1 Å². The molecule has 6 heteroatoms. The predicted octanol–water partition coefficient (Wildman–Crippen LogP) is 5.42. The van der Waals surface area contributed by atoms with Crippen LogP contribution in [-0.2, 0) is 0 Å². The summed E-state index contributed by atoms with van der Waals surface area (Å²) in [4.78, 5) is 10.7. The largest absolute Gasteiger partial charge is 0.338 e. The molecule has 126 valence electrons. The third-order valence-corrected chi connectivity index (χ3v) is 5.11. The van der Waals surface area contributed by atoms with Gasteiger partial charge in [-0.05, 0) is 36.8 Å². The van der Waals surface area contributed by atoms with Crippen LogP contribution in [0.3, 0.4) is 0 Å². The summed E-state index contributed by atoms with van der Waals surface area (Å²) in [7, 11) is 0. The number of aryl methyl sites for hydroxylation is 1. The van der Waals surface area contributed by atoms with E-state index in [4.69, 9.17) is 0 Å². The first kappa shape index (κ1) is 16.2. The van der Waals surface area contributed by atoms with Gasteiger partial charge in [-0.25, -0.2) is 14.4 Å². The minimum absolute atomic E-state index is 0.275. The van der Waals surface area contributed by atoms with E-state index in [1.54, 1.807) is 29.5 Å².